The van der Waals surface area contributed by atoms with Crippen molar-refractivity contribution in [2.75, 3.05) is 16.7 Å². The Morgan fingerprint density at radius 1 is 1.16 bits per heavy atom. The molecule has 2 rings (SSSR count). The topological polar surface area (TPSA) is 110 Å². The average molecular weight is 363 g/mol. The maximum atomic E-state index is 12.7. The van der Waals surface area contributed by atoms with Crippen LogP contribution in [0.25, 0.3) is 0 Å². The van der Waals surface area contributed by atoms with Gasteiger partial charge in [0.15, 0.2) is 0 Å². The molecule has 0 saturated carbocycles. The summed E-state index contributed by atoms with van der Waals surface area (Å²) in [7, 11) is -2.71. The molecule has 0 aliphatic rings. The van der Waals surface area contributed by atoms with E-state index in [1.165, 1.54) is 38.2 Å². The van der Waals surface area contributed by atoms with Crippen molar-refractivity contribution in [2.24, 2.45) is 0 Å². The van der Waals surface area contributed by atoms with E-state index in [1.807, 2.05) is 6.92 Å². The van der Waals surface area contributed by atoms with Gasteiger partial charge in [-0.05, 0) is 31.2 Å². The first-order chi connectivity index (χ1) is 11.6. The molecule has 0 radical (unpaired) electrons. The Balaban J connectivity index is 2.50. The van der Waals surface area contributed by atoms with E-state index in [0.29, 0.717) is 0 Å². The molecule has 0 atom stereocenters. The van der Waals surface area contributed by atoms with Crippen molar-refractivity contribution in [1.82, 2.24) is 0 Å². The van der Waals surface area contributed by atoms with Crippen LogP contribution < -0.4 is 9.62 Å². The minimum Gasteiger partial charge on any atom is -0.326 e. The molecule has 0 unspecified atom stereocenters. The van der Waals surface area contributed by atoms with Gasteiger partial charge in [0.25, 0.3) is 15.7 Å². The predicted molar refractivity (Wildman–Crippen MR) is 94.2 cm³/mol. The largest absolute Gasteiger partial charge is 0.326 e. The molecular formula is C16H17N3O5S. The number of nitrogens with one attached hydrogen (secondary N) is 1. The van der Waals surface area contributed by atoms with Crippen molar-refractivity contribution in [2.45, 2.75) is 18.7 Å². The van der Waals surface area contributed by atoms with Crippen LogP contribution in [0, 0.1) is 17.0 Å². The number of benzene rings is 2. The third-order valence-electron chi connectivity index (χ3n) is 3.51. The Labute approximate surface area is 145 Å². The number of amides is 1. The molecule has 2 aromatic rings. The molecule has 0 aromatic heterocycles. The van der Waals surface area contributed by atoms with E-state index < -0.39 is 20.6 Å². The fraction of sp³-hybridized carbons (Fsp3) is 0.188. The number of hydrogen-bond acceptors (Lipinski definition) is 5. The number of rotatable bonds is 5. The number of carbonyl (C=O) groups is 1. The summed E-state index contributed by atoms with van der Waals surface area (Å²) in [5.41, 5.74) is 0.584. The van der Waals surface area contributed by atoms with E-state index in [0.717, 1.165) is 15.9 Å². The van der Waals surface area contributed by atoms with Gasteiger partial charge < -0.3 is 5.32 Å². The van der Waals surface area contributed by atoms with Crippen LogP contribution in [0.2, 0.25) is 0 Å². The highest BCUT2D eigenvalue weighted by atomic mass is 32.2. The van der Waals surface area contributed by atoms with Crippen molar-refractivity contribution in [3.8, 4) is 0 Å². The summed E-state index contributed by atoms with van der Waals surface area (Å²) in [6, 6.07) is 10.00. The van der Waals surface area contributed by atoms with Crippen LogP contribution in [0.1, 0.15) is 12.5 Å². The highest BCUT2D eigenvalue weighted by molar-refractivity contribution is 7.92. The van der Waals surface area contributed by atoms with E-state index in [-0.39, 0.29) is 22.2 Å². The molecule has 0 heterocycles. The lowest BCUT2D eigenvalue weighted by Gasteiger charge is -2.20. The third kappa shape index (κ3) is 3.94. The minimum atomic E-state index is -3.96. The monoisotopic (exact) mass is 363 g/mol. The molecule has 25 heavy (non-hydrogen) atoms. The summed E-state index contributed by atoms with van der Waals surface area (Å²) < 4.78 is 26.3. The summed E-state index contributed by atoms with van der Waals surface area (Å²) in [5.74, 6) is -0.386. The van der Waals surface area contributed by atoms with Gasteiger partial charge in [0, 0.05) is 25.7 Å². The van der Waals surface area contributed by atoms with E-state index in [2.05, 4.69) is 5.32 Å². The number of nitro groups is 1. The molecule has 8 nitrogen and oxygen atoms in total. The van der Waals surface area contributed by atoms with E-state index in [4.69, 9.17) is 0 Å². The van der Waals surface area contributed by atoms with Crippen LogP contribution >= 0.6 is 0 Å². The van der Waals surface area contributed by atoms with Gasteiger partial charge in [-0.2, -0.15) is 0 Å². The number of hydrogen-bond donors (Lipinski definition) is 1. The van der Waals surface area contributed by atoms with E-state index >= 15 is 0 Å². The Kier molecular flexibility index (Phi) is 5.07. The van der Waals surface area contributed by atoms with Crippen molar-refractivity contribution in [1.29, 1.82) is 0 Å². The first kappa shape index (κ1) is 18.4. The summed E-state index contributed by atoms with van der Waals surface area (Å²) in [6.45, 7) is 3.10. The second kappa shape index (κ2) is 6.89. The molecule has 0 bridgehead atoms. The van der Waals surface area contributed by atoms with Gasteiger partial charge in [-0.15, -0.1) is 0 Å². The lowest BCUT2D eigenvalue weighted by Crippen LogP contribution is -2.27. The Morgan fingerprint density at radius 2 is 1.76 bits per heavy atom. The van der Waals surface area contributed by atoms with Gasteiger partial charge in [0.05, 0.1) is 9.82 Å². The van der Waals surface area contributed by atoms with Crippen LogP contribution in [0.3, 0.4) is 0 Å². The first-order valence-corrected chi connectivity index (χ1v) is 8.68. The van der Waals surface area contributed by atoms with Gasteiger partial charge in [-0.3, -0.25) is 19.2 Å². The quantitative estimate of drug-likeness (QED) is 0.649. The van der Waals surface area contributed by atoms with Crippen molar-refractivity contribution in [3.63, 3.8) is 0 Å². The standard InChI is InChI=1S/C16H17N3O5S/c1-11-4-7-14(8-5-11)25(23,24)18(3)15-9-6-13(17-12(2)20)10-16(15)19(21)22/h4-10H,1-3H3,(H,17,20). The Hall–Kier alpha value is -2.94. The average Bonchev–Trinajstić information content (AvgIpc) is 2.54. The number of aryl methyl sites for hydroxylation is 1. The molecule has 0 fully saturated rings. The van der Waals surface area contributed by atoms with E-state index in [9.17, 15) is 23.3 Å². The van der Waals surface area contributed by atoms with Gasteiger partial charge in [-0.25, -0.2) is 8.42 Å². The highest BCUT2D eigenvalue weighted by Gasteiger charge is 2.27. The lowest BCUT2D eigenvalue weighted by molar-refractivity contribution is -0.384. The van der Waals surface area contributed by atoms with Crippen molar-refractivity contribution < 1.29 is 18.1 Å². The fourth-order valence-electron chi connectivity index (χ4n) is 2.21. The normalized spacial score (nSPS) is 11.0. The number of nitro benzene ring substituents is 1. The molecule has 9 heteroatoms. The zero-order valence-corrected chi connectivity index (χ0v) is 14.7. The molecule has 0 aliphatic heterocycles. The second-order valence-electron chi connectivity index (χ2n) is 5.43. The fourth-order valence-corrected chi connectivity index (χ4v) is 3.42. The second-order valence-corrected chi connectivity index (χ2v) is 7.40. The molecule has 0 aliphatic carbocycles. The number of nitrogens with zero attached hydrogens (tertiary/aromatic N) is 2. The summed E-state index contributed by atoms with van der Waals surface area (Å²) in [6.07, 6.45) is 0. The summed E-state index contributed by atoms with van der Waals surface area (Å²) >= 11 is 0. The SMILES string of the molecule is CC(=O)Nc1ccc(N(C)S(=O)(=O)c2ccc(C)cc2)c([N+](=O)[O-])c1. The molecule has 0 spiro atoms. The summed E-state index contributed by atoms with van der Waals surface area (Å²) in [4.78, 5) is 21.8. The molecule has 2 aromatic carbocycles. The Bertz CT molecular complexity index is 923. The van der Waals surface area contributed by atoms with Crippen LogP contribution in [-0.4, -0.2) is 26.3 Å². The number of carbonyl (C=O) groups excluding carboxylic acids is 1. The summed E-state index contributed by atoms with van der Waals surface area (Å²) in [5, 5.41) is 13.8. The van der Waals surface area contributed by atoms with Gasteiger partial charge in [0.1, 0.15) is 5.69 Å². The highest BCUT2D eigenvalue weighted by Crippen LogP contribution is 2.33. The molecule has 132 valence electrons. The van der Waals surface area contributed by atoms with Crippen LogP contribution in [0.5, 0.6) is 0 Å². The molecule has 1 N–H and O–H groups in total. The zero-order chi connectivity index (χ0) is 18.8. The maximum Gasteiger partial charge on any atom is 0.295 e. The van der Waals surface area contributed by atoms with Crippen molar-refractivity contribution >= 4 is 33.0 Å². The molecule has 1 amide bonds. The first-order valence-electron chi connectivity index (χ1n) is 7.24. The van der Waals surface area contributed by atoms with E-state index in [1.54, 1.807) is 12.1 Å². The van der Waals surface area contributed by atoms with Gasteiger partial charge in [-0.1, -0.05) is 17.7 Å². The number of anilines is 2. The van der Waals surface area contributed by atoms with Gasteiger partial charge >= 0.3 is 0 Å². The zero-order valence-electron chi connectivity index (χ0n) is 13.9. The smallest absolute Gasteiger partial charge is 0.295 e. The minimum absolute atomic E-state index is 0.0286. The third-order valence-corrected chi connectivity index (χ3v) is 5.30. The molecular weight excluding hydrogens is 346 g/mol. The predicted octanol–water partition coefficient (Wildman–Crippen LogP) is 2.69. The van der Waals surface area contributed by atoms with Crippen LogP contribution in [0.4, 0.5) is 17.1 Å². The molecule has 0 saturated heterocycles. The van der Waals surface area contributed by atoms with Gasteiger partial charge in [0.2, 0.25) is 5.91 Å². The lowest BCUT2D eigenvalue weighted by atomic mass is 10.2. The maximum absolute atomic E-state index is 12.7. The number of sulfonamides is 1. The van der Waals surface area contributed by atoms with Crippen molar-refractivity contribution in [3.05, 3.63) is 58.1 Å². The Morgan fingerprint density at radius 3 is 2.28 bits per heavy atom. The van der Waals surface area contributed by atoms with Crippen LogP contribution in [0.15, 0.2) is 47.4 Å². The van der Waals surface area contributed by atoms with Crippen LogP contribution in [-0.2, 0) is 14.8 Å².